The summed E-state index contributed by atoms with van der Waals surface area (Å²) in [5.74, 6) is -0.568. The van der Waals surface area contributed by atoms with Gasteiger partial charge in [0.25, 0.3) is 0 Å². The Labute approximate surface area is 181 Å². The van der Waals surface area contributed by atoms with Gasteiger partial charge in [0.2, 0.25) is 0 Å². The molecule has 2 aromatic carbocycles. The number of benzene rings is 2. The van der Waals surface area contributed by atoms with Crippen molar-refractivity contribution in [3.63, 3.8) is 0 Å². The Morgan fingerprint density at radius 2 is 1.61 bits per heavy atom. The lowest BCUT2D eigenvalue weighted by Crippen LogP contribution is -2.47. The predicted molar refractivity (Wildman–Crippen MR) is 115 cm³/mol. The first kappa shape index (κ1) is 21.8. The number of piperazine rings is 1. The van der Waals surface area contributed by atoms with Gasteiger partial charge in [-0.2, -0.15) is 0 Å². The molecule has 31 heavy (non-hydrogen) atoms. The van der Waals surface area contributed by atoms with E-state index in [1.807, 2.05) is 0 Å². The molecule has 2 aliphatic rings. The Balaban J connectivity index is 1.15. The van der Waals surface area contributed by atoms with Crippen LogP contribution in [0, 0.1) is 17.6 Å². The van der Waals surface area contributed by atoms with E-state index < -0.39 is 0 Å². The zero-order valence-electron chi connectivity index (χ0n) is 17.7. The quantitative estimate of drug-likeness (QED) is 0.599. The van der Waals surface area contributed by atoms with Crippen LogP contribution in [0.15, 0.2) is 42.5 Å². The van der Waals surface area contributed by atoms with Crippen LogP contribution in [0.1, 0.15) is 45.5 Å². The molecule has 1 heterocycles. The molecule has 1 unspecified atom stereocenters. The van der Waals surface area contributed by atoms with Crippen molar-refractivity contribution in [2.45, 2.75) is 25.7 Å². The lowest BCUT2D eigenvalue weighted by atomic mass is 10.0. The van der Waals surface area contributed by atoms with Crippen LogP contribution < -0.4 is 0 Å². The summed E-state index contributed by atoms with van der Waals surface area (Å²) in [6, 6.07) is 10.5. The number of carbonyl (C=O) groups excluding carboxylic acids is 2. The smallest absolute Gasteiger partial charge is 0.166 e. The van der Waals surface area contributed by atoms with Crippen molar-refractivity contribution in [1.29, 1.82) is 0 Å². The first-order valence-electron chi connectivity index (χ1n) is 11.1. The summed E-state index contributed by atoms with van der Waals surface area (Å²) >= 11 is 0. The van der Waals surface area contributed by atoms with Crippen molar-refractivity contribution in [1.82, 2.24) is 9.80 Å². The highest BCUT2D eigenvalue weighted by molar-refractivity contribution is 6.02. The lowest BCUT2D eigenvalue weighted by Gasteiger charge is -2.35. The molecule has 1 fully saturated rings. The summed E-state index contributed by atoms with van der Waals surface area (Å²) in [5, 5.41) is 0. The van der Waals surface area contributed by atoms with E-state index in [1.165, 1.54) is 18.2 Å². The van der Waals surface area contributed by atoms with Crippen LogP contribution in [0.3, 0.4) is 0 Å². The summed E-state index contributed by atoms with van der Waals surface area (Å²) in [6.45, 7) is 5.48. The van der Waals surface area contributed by atoms with E-state index in [4.69, 9.17) is 0 Å². The van der Waals surface area contributed by atoms with Gasteiger partial charge in [-0.25, -0.2) is 8.78 Å². The van der Waals surface area contributed by atoms with Crippen molar-refractivity contribution >= 4 is 11.6 Å². The number of rotatable bonds is 8. The minimum absolute atomic E-state index is 0.0531. The molecule has 4 rings (SSSR count). The van der Waals surface area contributed by atoms with E-state index in [9.17, 15) is 18.4 Å². The van der Waals surface area contributed by atoms with Gasteiger partial charge in [0.15, 0.2) is 11.6 Å². The first-order chi connectivity index (χ1) is 15.0. The molecule has 0 amide bonds. The maximum absolute atomic E-state index is 13.9. The van der Waals surface area contributed by atoms with E-state index in [1.54, 1.807) is 24.3 Å². The number of fused-ring (bicyclic) bond motifs is 1. The standard InChI is InChI=1S/C25H28F2N2O2/c26-20-8-6-18(7-9-20)24(30)5-2-11-28-13-15-29(16-14-28)12-10-19-17-22-21(25(19)31)3-1-4-23(22)27/h1,3-4,6-9,19H,2,5,10-17H2. The maximum atomic E-state index is 13.9. The molecule has 2 aromatic rings. The van der Waals surface area contributed by atoms with Crippen LogP contribution in [0.5, 0.6) is 0 Å². The fourth-order valence-corrected chi connectivity index (χ4v) is 4.61. The normalized spacial score (nSPS) is 19.5. The summed E-state index contributed by atoms with van der Waals surface area (Å²) in [5.41, 5.74) is 1.71. The fourth-order valence-electron chi connectivity index (χ4n) is 4.61. The number of hydrogen-bond acceptors (Lipinski definition) is 4. The fraction of sp³-hybridized carbons (Fsp3) is 0.440. The second kappa shape index (κ2) is 9.79. The van der Waals surface area contributed by atoms with Crippen LogP contribution in [-0.4, -0.2) is 60.6 Å². The molecule has 1 aliphatic carbocycles. The molecule has 1 saturated heterocycles. The molecule has 0 aromatic heterocycles. The van der Waals surface area contributed by atoms with Crippen molar-refractivity contribution in [3.8, 4) is 0 Å². The summed E-state index contributed by atoms with van der Waals surface area (Å²) in [6.07, 6.45) is 2.53. The largest absolute Gasteiger partial charge is 0.301 e. The second-order valence-corrected chi connectivity index (χ2v) is 8.54. The van der Waals surface area contributed by atoms with Crippen LogP contribution in [0.4, 0.5) is 8.78 Å². The molecular weight excluding hydrogens is 398 g/mol. The molecule has 0 saturated carbocycles. The average Bonchev–Trinajstić information content (AvgIpc) is 3.10. The number of halogens is 2. The van der Waals surface area contributed by atoms with E-state index in [0.717, 1.165) is 52.1 Å². The van der Waals surface area contributed by atoms with Crippen molar-refractivity contribution < 1.29 is 18.4 Å². The number of ketones is 2. The Bertz CT molecular complexity index is 937. The van der Waals surface area contributed by atoms with Crippen LogP contribution in [-0.2, 0) is 6.42 Å². The van der Waals surface area contributed by atoms with E-state index >= 15 is 0 Å². The van der Waals surface area contributed by atoms with Gasteiger partial charge in [0, 0.05) is 49.6 Å². The zero-order chi connectivity index (χ0) is 21.8. The Morgan fingerprint density at radius 1 is 0.935 bits per heavy atom. The van der Waals surface area contributed by atoms with Gasteiger partial charge in [0.05, 0.1) is 0 Å². The second-order valence-electron chi connectivity index (χ2n) is 8.54. The van der Waals surface area contributed by atoms with Gasteiger partial charge < -0.3 is 9.80 Å². The lowest BCUT2D eigenvalue weighted by molar-refractivity contribution is 0.0890. The predicted octanol–water partition coefficient (Wildman–Crippen LogP) is 3.99. The summed E-state index contributed by atoms with van der Waals surface area (Å²) in [4.78, 5) is 29.4. The Hall–Kier alpha value is -2.44. The third-order valence-corrected chi connectivity index (χ3v) is 6.51. The Kier molecular flexibility index (Phi) is 6.88. The Morgan fingerprint density at radius 3 is 2.29 bits per heavy atom. The molecule has 0 spiro atoms. The number of carbonyl (C=O) groups is 2. The molecule has 0 bridgehead atoms. The molecular formula is C25H28F2N2O2. The molecule has 6 heteroatoms. The third-order valence-electron chi connectivity index (χ3n) is 6.51. The number of hydrogen-bond donors (Lipinski definition) is 0. The van der Waals surface area contributed by atoms with Gasteiger partial charge in [-0.15, -0.1) is 0 Å². The average molecular weight is 427 g/mol. The zero-order valence-corrected chi connectivity index (χ0v) is 17.7. The van der Waals surface area contributed by atoms with Crippen LogP contribution >= 0.6 is 0 Å². The number of Topliss-reactive ketones (excluding diaryl/α,β-unsaturated/α-hetero) is 2. The van der Waals surface area contributed by atoms with Gasteiger partial charge in [-0.3, -0.25) is 9.59 Å². The topological polar surface area (TPSA) is 40.6 Å². The molecule has 4 nitrogen and oxygen atoms in total. The highest BCUT2D eigenvalue weighted by atomic mass is 19.1. The van der Waals surface area contributed by atoms with Gasteiger partial charge >= 0.3 is 0 Å². The monoisotopic (exact) mass is 426 g/mol. The van der Waals surface area contributed by atoms with Crippen LogP contribution in [0.2, 0.25) is 0 Å². The SMILES string of the molecule is O=C(CCCN1CCN(CCC2Cc3c(F)cccc3C2=O)CC1)c1ccc(F)cc1. The van der Waals surface area contributed by atoms with Gasteiger partial charge in [-0.1, -0.05) is 12.1 Å². The number of nitrogens with zero attached hydrogens (tertiary/aromatic N) is 2. The molecule has 1 atom stereocenters. The minimum Gasteiger partial charge on any atom is -0.301 e. The van der Waals surface area contributed by atoms with Crippen molar-refractivity contribution in [3.05, 3.63) is 70.8 Å². The first-order valence-corrected chi connectivity index (χ1v) is 11.1. The highest BCUT2D eigenvalue weighted by Gasteiger charge is 2.32. The molecule has 0 N–H and O–H groups in total. The van der Waals surface area contributed by atoms with E-state index in [2.05, 4.69) is 9.80 Å². The summed E-state index contributed by atoms with van der Waals surface area (Å²) in [7, 11) is 0. The van der Waals surface area contributed by atoms with Crippen LogP contribution in [0.25, 0.3) is 0 Å². The molecule has 1 aliphatic heterocycles. The minimum atomic E-state index is -0.330. The van der Waals surface area contributed by atoms with Crippen molar-refractivity contribution in [2.24, 2.45) is 5.92 Å². The van der Waals surface area contributed by atoms with Gasteiger partial charge in [-0.05, 0) is 68.2 Å². The van der Waals surface area contributed by atoms with Crippen molar-refractivity contribution in [2.75, 3.05) is 39.3 Å². The maximum Gasteiger partial charge on any atom is 0.166 e. The summed E-state index contributed by atoms with van der Waals surface area (Å²) < 4.78 is 26.9. The highest BCUT2D eigenvalue weighted by Crippen LogP contribution is 2.30. The van der Waals surface area contributed by atoms with E-state index in [0.29, 0.717) is 29.5 Å². The molecule has 164 valence electrons. The van der Waals surface area contributed by atoms with E-state index in [-0.39, 0.29) is 29.1 Å². The van der Waals surface area contributed by atoms with Gasteiger partial charge in [0.1, 0.15) is 11.6 Å². The molecule has 0 radical (unpaired) electrons. The third kappa shape index (κ3) is 5.25.